The molecule has 0 radical (unpaired) electrons. The average Bonchev–Trinajstić information content (AvgIpc) is 2.69. The molecule has 0 spiro atoms. The molecule has 1 aliphatic heterocycles. The lowest BCUT2D eigenvalue weighted by Gasteiger charge is -2.34. The molecule has 3 rings (SSSR count). The minimum Gasteiger partial charge on any atom is -0.489 e. The monoisotopic (exact) mass is 510 g/mol. The molecule has 1 saturated heterocycles. The van der Waals surface area contributed by atoms with Crippen LogP contribution in [0, 0.1) is 5.82 Å². The number of amides is 1. The first-order chi connectivity index (χ1) is 15.3. The van der Waals surface area contributed by atoms with E-state index in [1.54, 1.807) is 4.72 Å². The highest BCUT2D eigenvalue weighted by atomic mass is 35.5. The van der Waals surface area contributed by atoms with Crippen molar-refractivity contribution in [2.24, 2.45) is 0 Å². The van der Waals surface area contributed by atoms with Crippen LogP contribution in [0.1, 0.15) is 23.2 Å². The molecule has 33 heavy (non-hydrogen) atoms. The molecule has 0 atom stereocenters. The standard InChI is InChI=1S/C20H19ClF4N2O5S/c1-33(29,30)26-19(28)15-10-16(21)18(11-17(15)22)31-13-6-8-27(9-7-13)12-2-4-14(5-3-12)32-20(23,24)25/h2-5,10-11,13H,6-9H2,1H3,(H,26,28). The molecule has 2 aromatic carbocycles. The predicted molar refractivity (Wildman–Crippen MR) is 113 cm³/mol. The second-order valence-corrected chi connectivity index (χ2v) is 9.47. The fourth-order valence-electron chi connectivity index (χ4n) is 3.29. The van der Waals surface area contributed by atoms with Crippen molar-refractivity contribution in [1.29, 1.82) is 0 Å². The Bertz CT molecular complexity index is 1120. The number of hydrogen-bond donors (Lipinski definition) is 1. The summed E-state index contributed by atoms with van der Waals surface area (Å²) in [6.45, 7) is 1.05. The molecule has 1 N–H and O–H groups in total. The van der Waals surface area contributed by atoms with Gasteiger partial charge in [0.15, 0.2) is 0 Å². The summed E-state index contributed by atoms with van der Waals surface area (Å²) in [5.41, 5.74) is 0.179. The Balaban J connectivity index is 1.60. The van der Waals surface area contributed by atoms with Gasteiger partial charge in [-0.05, 0) is 30.3 Å². The number of anilines is 1. The molecule has 1 aliphatic rings. The van der Waals surface area contributed by atoms with Crippen LogP contribution in [0.15, 0.2) is 36.4 Å². The summed E-state index contributed by atoms with van der Waals surface area (Å²) in [5, 5.41) is -0.0577. The Morgan fingerprint density at radius 3 is 2.30 bits per heavy atom. The van der Waals surface area contributed by atoms with Crippen LogP contribution in [-0.2, 0) is 10.0 Å². The molecule has 0 bridgehead atoms. The largest absolute Gasteiger partial charge is 0.573 e. The van der Waals surface area contributed by atoms with Crippen molar-refractivity contribution in [3.05, 3.63) is 52.8 Å². The molecule has 1 fully saturated rings. The van der Waals surface area contributed by atoms with Crippen molar-refractivity contribution in [1.82, 2.24) is 4.72 Å². The number of carbonyl (C=O) groups excluding carboxylic acids is 1. The number of nitrogens with one attached hydrogen (secondary N) is 1. The van der Waals surface area contributed by atoms with E-state index < -0.39 is 33.7 Å². The smallest absolute Gasteiger partial charge is 0.489 e. The van der Waals surface area contributed by atoms with E-state index >= 15 is 0 Å². The van der Waals surface area contributed by atoms with Gasteiger partial charge in [-0.2, -0.15) is 0 Å². The lowest BCUT2D eigenvalue weighted by atomic mass is 10.1. The second kappa shape index (κ2) is 9.64. The maximum Gasteiger partial charge on any atom is 0.573 e. The summed E-state index contributed by atoms with van der Waals surface area (Å²) in [7, 11) is -3.87. The van der Waals surface area contributed by atoms with Crippen molar-refractivity contribution in [2.45, 2.75) is 25.3 Å². The molecule has 0 unspecified atom stereocenters. The summed E-state index contributed by atoms with van der Waals surface area (Å²) in [6, 6.07) is 7.42. The summed E-state index contributed by atoms with van der Waals surface area (Å²) in [5.74, 6) is -2.44. The van der Waals surface area contributed by atoms with Crippen molar-refractivity contribution in [3.8, 4) is 11.5 Å². The molecular formula is C20H19ClF4N2O5S. The van der Waals surface area contributed by atoms with E-state index in [4.69, 9.17) is 16.3 Å². The lowest BCUT2D eigenvalue weighted by molar-refractivity contribution is -0.274. The molecule has 1 amide bonds. The third-order valence-electron chi connectivity index (χ3n) is 4.72. The second-order valence-electron chi connectivity index (χ2n) is 7.31. The zero-order valence-electron chi connectivity index (χ0n) is 17.2. The summed E-state index contributed by atoms with van der Waals surface area (Å²) >= 11 is 6.10. The third-order valence-corrected chi connectivity index (χ3v) is 5.57. The Morgan fingerprint density at radius 2 is 1.76 bits per heavy atom. The maximum atomic E-state index is 14.3. The minimum absolute atomic E-state index is 0.0113. The van der Waals surface area contributed by atoms with Crippen LogP contribution in [0.3, 0.4) is 0 Å². The highest BCUT2D eigenvalue weighted by Crippen LogP contribution is 2.32. The van der Waals surface area contributed by atoms with Crippen molar-refractivity contribution in [3.63, 3.8) is 0 Å². The summed E-state index contributed by atoms with van der Waals surface area (Å²) in [6.07, 6.45) is -3.27. The average molecular weight is 511 g/mol. The van der Waals surface area contributed by atoms with Gasteiger partial charge in [-0.25, -0.2) is 17.5 Å². The maximum absolute atomic E-state index is 14.3. The van der Waals surface area contributed by atoms with E-state index in [0.29, 0.717) is 31.6 Å². The van der Waals surface area contributed by atoms with Gasteiger partial charge in [-0.15, -0.1) is 13.2 Å². The van der Waals surface area contributed by atoms with E-state index in [1.165, 1.54) is 24.3 Å². The Kier molecular flexibility index (Phi) is 7.27. The van der Waals surface area contributed by atoms with Gasteiger partial charge in [0.25, 0.3) is 5.91 Å². The lowest BCUT2D eigenvalue weighted by Crippen LogP contribution is -2.38. The zero-order chi connectivity index (χ0) is 24.4. The quantitative estimate of drug-likeness (QED) is 0.589. The van der Waals surface area contributed by atoms with Gasteiger partial charge in [-0.1, -0.05) is 11.6 Å². The van der Waals surface area contributed by atoms with Gasteiger partial charge >= 0.3 is 6.36 Å². The molecule has 0 saturated carbocycles. The van der Waals surface area contributed by atoms with Gasteiger partial charge in [-0.3, -0.25) is 4.79 Å². The van der Waals surface area contributed by atoms with E-state index in [1.807, 2.05) is 4.90 Å². The number of rotatable bonds is 6. The molecule has 1 heterocycles. The molecule has 2 aromatic rings. The Morgan fingerprint density at radius 1 is 1.15 bits per heavy atom. The van der Waals surface area contributed by atoms with E-state index in [-0.39, 0.29) is 22.6 Å². The van der Waals surface area contributed by atoms with Crippen LogP contribution in [-0.4, -0.2) is 46.1 Å². The summed E-state index contributed by atoms with van der Waals surface area (Å²) < 4.78 is 84.8. The fourth-order valence-corrected chi connectivity index (χ4v) is 3.94. The highest BCUT2D eigenvalue weighted by Gasteiger charge is 2.31. The normalized spacial score (nSPS) is 15.3. The number of nitrogens with zero attached hydrogens (tertiary/aromatic N) is 1. The zero-order valence-corrected chi connectivity index (χ0v) is 18.7. The van der Waals surface area contributed by atoms with E-state index in [9.17, 15) is 30.8 Å². The number of sulfonamides is 1. The van der Waals surface area contributed by atoms with Crippen molar-refractivity contribution >= 4 is 33.2 Å². The van der Waals surface area contributed by atoms with Crippen molar-refractivity contribution < 1.29 is 40.2 Å². The van der Waals surface area contributed by atoms with E-state index in [2.05, 4.69) is 4.74 Å². The Hall–Kier alpha value is -2.73. The van der Waals surface area contributed by atoms with E-state index in [0.717, 1.165) is 18.4 Å². The van der Waals surface area contributed by atoms with Crippen LogP contribution in [0.4, 0.5) is 23.2 Å². The summed E-state index contributed by atoms with van der Waals surface area (Å²) in [4.78, 5) is 13.9. The number of ether oxygens (including phenoxy) is 2. The third kappa shape index (κ3) is 7.13. The van der Waals surface area contributed by atoms with Crippen molar-refractivity contribution in [2.75, 3.05) is 24.2 Å². The predicted octanol–water partition coefficient (Wildman–Crippen LogP) is 4.11. The van der Waals surface area contributed by atoms with Crippen LogP contribution < -0.4 is 19.1 Å². The Labute approximate surface area is 192 Å². The number of hydrogen-bond acceptors (Lipinski definition) is 6. The first-order valence-corrected chi connectivity index (χ1v) is 11.9. The number of piperidine rings is 1. The van der Waals surface area contributed by atoms with Gasteiger partial charge in [0.2, 0.25) is 10.0 Å². The highest BCUT2D eigenvalue weighted by molar-refractivity contribution is 7.89. The SMILES string of the molecule is CS(=O)(=O)NC(=O)c1cc(Cl)c(OC2CCN(c3ccc(OC(F)(F)F)cc3)CC2)cc1F. The molecule has 0 aliphatic carbocycles. The van der Waals surface area contributed by atoms with Crippen LogP contribution in [0.25, 0.3) is 0 Å². The first-order valence-electron chi connectivity index (χ1n) is 9.59. The van der Waals surface area contributed by atoms with Gasteiger partial charge < -0.3 is 14.4 Å². The minimum atomic E-state index is -4.76. The van der Waals surface area contributed by atoms with Gasteiger partial charge in [0.05, 0.1) is 16.8 Å². The molecule has 7 nitrogen and oxygen atoms in total. The van der Waals surface area contributed by atoms with Crippen LogP contribution in [0.5, 0.6) is 11.5 Å². The molecule has 13 heteroatoms. The fraction of sp³-hybridized carbons (Fsp3) is 0.350. The number of alkyl halides is 3. The van der Waals surface area contributed by atoms with Crippen LogP contribution >= 0.6 is 11.6 Å². The number of halogens is 5. The molecule has 180 valence electrons. The van der Waals surface area contributed by atoms with Gasteiger partial charge in [0.1, 0.15) is 23.4 Å². The van der Waals surface area contributed by atoms with Crippen LogP contribution in [0.2, 0.25) is 5.02 Å². The molecule has 0 aromatic heterocycles. The topological polar surface area (TPSA) is 84.9 Å². The number of carbonyl (C=O) groups is 1. The first kappa shape index (κ1) is 24.9. The van der Waals surface area contributed by atoms with Gasteiger partial charge in [0, 0.05) is 37.7 Å². The number of benzene rings is 2. The molecular weight excluding hydrogens is 492 g/mol.